The Kier molecular flexibility index (Phi) is 58.3. The van der Waals surface area contributed by atoms with Gasteiger partial charge in [-0.1, -0.05) is 0 Å². The third-order valence-electron chi connectivity index (χ3n) is 0. The molecule has 0 atom stereocenters. The molecule has 0 aliphatic rings. The summed E-state index contributed by atoms with van der Waals surface area (Å²) in [7, 11) is -1.42. The smallest absolute Gasteiger partial charge is 0.241 e. The standard InChI is InChI=1S/Mn.Na.HO2P/c;;1-3-2/h;;3H. The Hall–Kier alpha value is 1.42. The van der Waals surface area contributed by atoms with Crippen molar-refractivity contribution in [2.24, 2.45) is 0 Å². The van der Waals surface area contributed by atoms with E-state index in [1.807, 2.05) is 0 Å². The summed E-state index contributed by atoms with van der Waals surface area (Å²) in [5.74, 6) is 0. The van der Waals surface area contributed by atoms with Crippen LogP contribution in [0.2, 0.25) is 0 Å². The average Bonchev–Trinajstić information content (AvgIpc) is 0.918. The predicted molar refractivity (Wildman–Crippen MR) is 15.4 cm³/mol. The van der Waals surface area contributed by atoms with Crippen LogP contribution in [-0.2, 0) is 26.2 Å². The van der Waals surface area contributed by atoms with Crippen LogP contribution in [0.15, 0.2) is 0 Å². The molecule has 0 bridgehead atoms. The van der Waals surface area contributed by atoms with Gasteiger partial charge in [-0.2, -0.15) is 0 Å². The molecule has 2 radical (unpaired) electrons. The summed E-state index contributed by atoms with van der Waals surface area (Å²) in [6.07, 6.45) is 0. The fraction of sp³-hybridized carbons (Fsp3) is 0. The Labute approximate surface area is 63.7 Å². The van der Waals surface area contributed by atoms with Gasteiger partial charge in [0.2, 0.25) is 0 Å². The molecule has 0 fully saturated rings. The minimum Gasteiger partial charge on any atom is -0.241 e. The third kappa shape index (κ3) is 31.4. The molecule has 0 N–H and O–H groups in total. The zero-order chi connectivity index (χ0) is 2.71. The molecule has 0 amide bonds. The Morgan fingerprint density at radius 2 is 1.20 bits per heavy atom. The van der Waals surface area contributed by atoms with Crippen LogP contribution in [0.3, 0.4) is 0 Å². The van der Waals surface area contributed by atoms with Crippen molar-refractivity contribution in [2.45, 2.75) is 0 Å². The van der Waals surface area contributed by atoms with Crippen LogP contribution < -0.4 is 0 Å². The monoisotopic (exact) mass is 142 g/mol. The second kappa shape index (κ2) is 18.1. The summed E-state index contributed by atoms with van der Waals surface area (Å²) in [6, 6.07) is 0. The van der Waals surface area contributed by atoms with Crippen LogP contribution in [0.5, 0.6) is 0 Å². The maximum atomic E-state index is 8.40. The molecule has 0 saturated carbocycles. The van der Waals surface area contributed by atoms with Gasteiger partial charge in [-0.15, -0.1) is 0 Å². The topological polar surface area (TPSA) is 34.1 Å². The Bertz CT molecular complexity index is 30.6. The maximum Gasteiger partial charge on any atom is 0.303 e. The van der Waals surface area contributed by atoms with Crippen LogP contribution in [0, 0.1) is 0 Å². The minimum atomic E-state index is -1.42. The summed E-state index contributed by atoms with van der Waals surface area (Å²) in [6.45, 7) is 0. The van der Waals surface area contributed by atoms with Gasteiger partial charge >= 0.3 is 8.34 Å². The molecule has 0 rings (SSSR count). The first-order valence-corrected chi connectivity index (χ1v) is 1.22. The van der Waals surface area contributed by atoms with Crippen molar-refractivity contribution in [2.75, 3.05) is 0 Å². The van der Waals surface area contributed by atoms with E-state index in [-0.39, 0.29) is 46.6 Å². The van der Waals surface area contributed by atoms with E-state index >= 15 is 0 Å². The molecule has 0 aromatic heterocycles. The van der Waals surface area contributed by atoms with Crippen LogP contribution in [0.1, 0.15) is 0 Å². The predicted octanol–water partition coefficient (Wildman–Crippen LogP) is -0.0274. The van der Waals surface area contributed by atoms with Crippen LogP contribution in [0.25, 0.3) is 0 Å². The van der Waals surface area contributed by atoms with Crippen LogP contribution in [0.4, 0.5) is 0 Å². The molecule has 0 aliphatic carbocycles. The molecule has 0 saturated heterocycles. The van der Waals surface area contributed by atoms with E-state index in [4.69, 9.17) is 9.13 Å². The second-order valence-corrected chi connectivity index (χ2v) is 0.250. The molecule has 5 heavy (non-hydrogen) atoms. The van der Waals surface area contributed by atoms with E-state index in [1.165, 1.54) is 0 Å². The zero-order valence-electron chi connectivity index (χ0n) is 2.69. The molecule has 0 aliphatic heterocycles. The van der Waals surface area contributed by atoms with Crippen LogP contribution in [-0.4, -0.2) is 29.6 Å². The Balaban J connectivity index is -0.0000000200. The van der Waals surface area contributed by atoms with E-state index in [2.05, 4.69) is 0 Å². The molecule has 0 spiro atoms. The number of hydrogen-bond donors (Lipinski definition) is 0. The minimum absolute atomic E-state index is 0. The summed E-state index contributed by atoms with van der Waals surface area (Å²) >= 11 is 0. The van der Waals surface area contributed by atoms with Crippen molar-refractivity contribution in [3.8, 4) is 0 Å². The van der Waals surface area contributed by atoms with E-state index in [0.29, 0.717) is 0 Å². The molecule has 0 heterocycles. The third-order valence-corrected chi connectivity index (χ3v) is 0. The van der Waals surface area contributed by atoms with Gasteiger partial charge in [0.25, 0.3) is 0 Å². The fourth-order valence-corrected chi connectivity index (χ4v) is 0. The summed E-state index contributed by atoms with van der Waals surface area (Å²) in [5.41, 5.74) is 0. The quantitative estimate of drug-likeness (QED) is 0.351. The molecule has 0 aromatic carbocycles. The largest absolute Gasteiger partial charge is 0.303 e. The van der Waals surface area contributed by atoms with Crippen molar-refractivity contribution in [1.29, 1.82) is 0 Å². The van der Waals surface area contributed by atoms with E-state index in [1.54, 1.807) is 0 Å². The van der Waals surface area contributed by atoms with Crippen molar-refractivity contribution >= 4 is 37.9 Å². The number of rotatable bonds is 0. The van der Waals surface area contributed by atoms with E-state index in [0.717, 1.165) is 0 Å². The molecule has 26 valence electrons. The first-order valence-electron chi connectivity index (χ1n) is 0.408. The SMILES string of the molecule is O=[PH]=O.[Mn].[Na]. The number of hydrogen-bond acceptors (Lipinski definition) is 2. The van der Waals surface area contributed by atoms with Gasteiger partial charge in [-0.05, 0) is 0 Å². The van der Waals surface area contributed by atoms with Crippen LogP contribution >= 0.6 is 8.34 Å². The van der Waals surface area contributed by atoms with Gasteiger partial charge in [0.05, 0.1) is 0 Å². The fourth-order valence-electron chi connectivity index (χ4n) is 0. The van der Waals surface area contributed by atoms with E-state index < -0.39 is 8.34 Å². The molecule has 0 unspecified atom stereocenters. The van der Waals surface area contributed by atoms with Gasteiger partial charge in [-0.25, -0.2) is 9.13 Å². The first kappa shape index (κ1) is 16.1. The summed E-state index contributed by atoms with van der Waals surface area (Å²) < 4.78 is 16.8. The van der Waals surface area contributed by atoms with Gasteiger partial charge in [0, 0.05) is 46.6 Å². The molecular formula is HMnNaO2P. The zero-order valence-corrected chi connectivity index (χ0v) is 6.87. The maximum absolute atomic E-state index is 8.40. The second-order valence-electron chi connectivity index (χ2n) is 0.0833. The summed E-state index contributed by atoms with van der Waals surface area (Å²) in [5, 5.41) is 0. The average molecular weight is 142 g/mol. The van der Waals surface area contributed by atoms with E-state index in [9.17, 15) is 0 Å². The van der Waals surface area contributed by atoms with Crippen molar-refractivity contribution in [3.05, 3.63) is 0 Å². The Morgan fingerprint density at radius 3 is 1.20 bits per heavy atom. The molecule has 2 nitrogen and oxygen atoms in total. The normalized spacial score (nSPS) is 2.40. The van der Waals surface area contributed by atoms with Crippen molar-refractivity contribution in [3.63, 3.8) is 0 Å². The molecule has 0 aromatic rings. The van der Waals surface area contributed by atoms with Gasteiger partial charge in [-0.3, -0.25) is 0 Å². The van der Waals surface area contributed by atoms with Gasteiger partial charge < -0.3 is 0 Å². The van der Waals surface area contributed by atoms with Crippen molar-refractivity contribution in [1.82, 2.24) is 0 Å². The first-order chi connectivity index (χ1) is 1.41. The molecular weight excluding hydrogens is 141 g/mol. The van der Waals surface area contributed by atoms with Crippen molar-refractivity contribution < 1.29 is 26.2 Å². The Morgan fingerprint density at radius 1 is 1.20 bits per heavy atom. The summed E-state index contributed by atoms with van der Waals surface area (Å²) in [4.78, 5) is 0. The van der Waals surface area contributed by atoms with Gasteiger partial charge in [0.1, 0.15) is 0 Å². The van der Waals surface area contributed by atoms with Gasteiger partial charge in [0.15, 0.2) is 0 Å². The molecule has 5 heteroatoms.